The molecule has 1 rings (SSSR count). The van der Waals surface area contributed by atoms with Gasteiger partial charge >= 0.3 is 0 Å². The van der Waals surface area contributed by atoms with Crippen molar-refractivity contribution in [3.63, 3.8) is 0 Å². The number of rotatable bonds is 2. The average molecular weight is 187 g/mol. The van der Waals surface area contributed by atoms with E-state index < -0.39 is 17.5 Å². The maximum atomic E-state index is 12.6. The normalized spacial score (nSPS) is 9.85. The van der Waals surface area contributed by atoms with Crippen LogP contribution >= 0.6 is 0 Å². The number of allylic oxidation sites excluding steroid dienone is 1. The molecule has 0 aliphatic rings. The Morgan fingerprint density at radius 3 is 2.08 bits per heavy atom. The minimum absolute atomic E-state index is 0.143. The van der Waals surface area contributed by atoms with E-state index in [1.54, 1.807) is 6.92 Å². The van der Waals surface area contributed by atoms with Crippen molar-refractivity contribution in [3.05, 3.63) is 41.9 Å². The van der Waals surface area contributed by atoms with Crippen LogP contribution in [0.5, 0.6) is 0 Å². The first kappa shape index (κ1) is 9.64. The van der Waals surface area contributed by atoms with Gasteiger partial charge in [-0.3, -0.25) is 0 Å². The summed E-state index contributed by atoms with van der Waals surface area (Å²) in [5.41, 5.74) is 0.661. The summed E-state index contributed by atoms with van der Waals surface area (Å²) >= 11 is 0. The van der Waals surface area contributed by atoms with Crippen LogP contribution in [0, 0.1) is 17.5 Å². The van der Waals surface area contributed by atoms with Crippen LogP contribution in [-0.2, 0) is 0 Å². The number of halogens is 3. The average Bonchev–Trinajstić information content (AvgIpc) is 1.98. The summed E-state index contributed by atoms with van der Waals surface area (Å²) in [4.78, 5) is 0. The van der Waals surface area contributed by atoms with Gasteiger partial charge in [-0.05, 0) is 6.92 Å². The summed E-state index contributed by atoms with van der Waals surface area (Å²) in [6, 6.07) is 1.74. The van der Waals surface area contributed by atoms with Crippen LogP contribution < -0.4 is 5.32 Å². The van der Waals surface area contributed by atoms with E-state index in [9.17, 15) is 13.2 Å². The molecule has 0 saturated carbocycles. The highest BCUT2D eigenvalue weighted by molar-refractivity contribution is 5.48. The van der Waals surface area contributed by atoms with E-state index in [1.165, 1.54) is 0 Å². The fraction of sp³-hybridized carbons (Fsp3) is 0.111. The van der Waals surface area contributed by atoms with Crippen molar-refractivity contribution in [1.29, 1.82) is 0 Å². The van der Waals surface area contributed by atoms with Crippen molar-refractivity contribution in [2.45, 2.75) is 6.92 Å². The minimum Gasteiger partial charge on any atom is -0.360 e. The highest BCUT2D eigenvalue weighted by Gasteiger charge is 2.09. The van der Waals surface area contributed by atoms with Gasteiger partial charge in [0.15, 0.2) is 17.5 Å². The molecule has 1 aromatic rings. The lowest BCUT2D eigenvalue weighted by atomic mass is 10.3. The Balaban J connectivity index is 3.06. The summed E-state index contributed by atoms with van der Waals surface area (Å²) in [6.45, 7) is 5.11. The molecule has 0 amide bonds. The second-order valence-corrected chi connectivity index (χ2v) is 2.66. The molecular weight excluding hydrogens is 179 g/mol. The molecule has 0 aliphatic heterocycles. The Morgan fingerprint density at radius 2 is 1.69 bits per heavy atom. The van der Waals surface area contributed by atoms with Crippen molar-refractivity contribution >= 4 is 5.69 Å². The smallest absolute Gasteiger partial charge is 0.194 e. The van der Waals surface area contributed by atoms with Gasteiger partial charge in [0, 0.05) is 23.5 Å². The van der Waals surface area contributed by atoms with Crippen LogP contribution in [0.15, 0.2) is 24.4 Å². The standard InChI is InChI=1S/C9H8F3N/c1-5(2)13-6-3-7(10)9(12)8(11)4-6/h3-4,13H,1H2,2H3. The predicted octanol–water partition coefficient (Wildman–Crippen LogP) is 3.05. The Kier molecular flexibility index (Phi) is 2.60. The Morgan fingerprint density at radius 1 is 1.23 bits per heavy atom. The van der Waals surface area contributed by atoms with Crippen LogP contribution in [0.1, 0.15) is 6.92 Å². The molecule has 70 valence electrons. The summed E-state index contributed by atoms with van der Waals surface area (Å²) in [7, 11) is 0. The van der Waals surface area contributed by atoms with E-state index in [4.69, 9.17) is 0 Å². The van der Waals surface area contributed by atoms with Crippen LogP contribution in [0.2, 0.25) is 0 Å². The van der Waals surface area contributed by atoms with Gasteiger partial charge in [-0.15, -0.1) is 0 Å². The first-order chi connectivity index (χ1) is 6.00. The van der Waals surface area contributed by atoms with Crippen molar-refractivity contribution < 1.29 is 13.2 Å². The highest BCUT2D eigenvalue weighted by atomic mass is 19.2. The third-order valence-electron chi connectivity index (χ3n) is 1.34. The fourth-order valence-electron chi connectivity index (χ4n) is 0.874. The zero-order valence-corrected chi connectivity index (χ0v) is 7.00. The van der Waals surface area contributed by atoms with Gasteiger partial charge in [0.05, 0.1) is 0 Å². The maximum absolute atomic E-state index is 12.6. The van der Waals surface area contributed by atoms with Gasteiger partial charge in [0.2, 0.25) is 0 Å². The molecule has 1 N–H and O–H groups in total. The van der Waals surface area contributed by atoms with Crippen molar-refractivity contribution in [2.75, 3.05) is 5.32 Å². The first-order valence-corrected chi connectivity index (χ1v) is 3.58. The highest BCUT2D eigenvalue weighted by Crippen LogP contribution is 2.18. The summed E-state index contributed by atoms with van der Waals surface area (Å²) in [5, 5.41) is 2.57. The van der Waals surface area contributed by atoms with Crippen LogP contribution in [0.4, 0.5) is 18.9 Å². The van der Waals surface area contributed by atoms with E-state index in [0.29, 0.717) is 5.70 Å². The van der Waals surface area contributed by atoms with E-state index in [1.807, 2.05) is 0 Å². The van der Waals surface area contributed by atoms with E-state index >= 15 is 0 Å². The summed E-state index contributed by atoms with van der Waals surface area (Å²) in [6.07, 6.45) is 0. The number of benzene rings is 1. The SMILES string of the molecule is C=C(C)Nc1cc(F)c(F)c(F)c1. The quantitative estimate of drug-likeness (QED) is 0.701. The second-order valence-electron chi connectivity index (χ2n) is 2.66. The zero-order chi connectivity index (χ0) is 10.0. The van der Waals surface area contributed by atoms with Gasteiger partial charge in [-0.2, -0.15) is 0 Å². The topological polar surface area (TPSA) is 12.0 Å². The fourth-order valence-corrected chi connectivity index (χ4v) is 0.874. The first-order valence-electron chi connectivity index (χ1n) is 3.58. The van der Waals surface area contributed by atoms with E-state index in [2.05, 4.69) is 11.9 Å². The largest absolute Gasteiger partial charge is 0.360 e. The Labute approximate surface area is 73.9 Å². The van der Waals surface area contributed by atoms with Crippen LogP contribution in [0.3, 0.4) is 0 Å². The molecule has 0 fully saturated rings. The molecule has 0 unspecified atom stereocenters. The Bertz CT molecular complexity index is 324. The van der Waals surface area contributed by atoms with E-state index in [0.717, 1.165) is 12.1 Å². The van der Waals surface area contributed by atoms with Gasteiger partial charge in [0.1, 0.15) is 0 Å². The van der Waals surface area contributed by atoms with Crippen LogP contribution in [0.25, 0.3) is 0 Å². The lowest BCUT2D eigenvalue weighted by molar-refractivity contribution is 0.448. The molecule has 0 bridgehead atoms. The number of anilines is 1. The lowest BCUT2D eigenvalue weighted by Crippen LogP contribution is -1.98. The molecule has 1 aromatic carbocycles. The van der Waals surface area contributed by atoms with Gasteiger partial charge < -0.3 is 5.32 Å². The third kappa shape index (κ3) is 2.24. The minimum atomic E-state index is -1.47. The molecule has 1 nitrogen and oxygen atoms in total. The Hall–Kier alpha value is -1.45. The molecule has 0 saturated heterocycles. The molecular formula is C9H8F3N. The maximum Gasteiger partial charge on any atom is 0.194 e. The zero-order valence-electron chi connectivity index (χ0n) is 7.00. The lowest BCUT2D eigenvalue weighted by Gasteiger charge is -2.05. The molecule has 13 heavy (non-hydrogen) atoms. The van der Waals surface area contributed by atoms with Gasteiger partial charge in [-0.25, -0.2) is 13.2 Å². The molecule has 0 heterocycles. The van der Waals surface area contributed by atoms with E-state index in [-0.39, 0.29) is 5.69 Å². The van der Waals surface area contributed by atoms with Crippen LogP contribution in [-0.4, -0.2) is 0 Å². The molecule has 0 aromatic heterocycles. The molecule has 4 heteroatoms. The summed E-state index contributed by atoms with van der Waals surface area (Å²) in [5.74, 6) is -3.90. The third-order valence-corrected chi connectivity index (χ3v) is 1.34. The molecule has 0 spiro atoms. The predicted molar refractivity (Wildman–Crippen MR) is 44.8 cm³/mol. The monoisotopic (exact) mass is 187 g/mol. The number of hydrogen-bond acceptors (Lipinski definition) is 1. The van der Waals surface area contributed by atoms with Gasteiger partial charge in [-0.1, -0.05) is 6.58 Å². The number of nitrogens with one attached hydrogen (secondary N) is 1. The van der Waals surface area contributed by atoms with Crippen molar-refractivity contribution in [2.24, 2.45) is 0 Å². The number of hydrogen-bond donors (Lipinski definition) is 1. The molecule has 0 atom stereocenters. The molecule has 0 radical (unpaired) electrons. The van der Waals surface area contributed by atoms with Crippen molar-refractivity contribution in [3.8, 4) is 0 Å². The summed E-state index contributed by atoms with van der Waals surface area (Å²) < 4.78 is 37.7. The van der Waals surface area contributed by atoms with Crippen molar-refractivity contribution in [1.82, 2.24) is 0 Å². The molecule has 0 aliphatic carbocycles. The van der Waals surface area contributed by atoms with Gasteiger partial charge in [0.25, 0.3) is 0 Å². The second kappa shape index (κ2) is 3.51.